The maximum Gasteiger partial charge on any atom is 0.261 e. The molecule has 0 amide bonds. The van der Waals surface area contributed by atoms with Crippen molar-refractivity contribution < 1.29 is 4.39 Å². The molecule has 0 saturated carbocycles. The topological polar surface area (TPSA) is 38.1 Å². The molecule has 1 aliphatic heterocycles. The molecule has 29 heavy (non-hydrogen) atoms. The summed E-state index contributed by atoms with van der Waals surface area (Å²) in [6.07, 6.45) is 2.84. The second-order valence-electron chi connectivity index (χ2n) is 7.93. The lowest BCUT2D eigenvalue weighted by atomic mass is 10.0. The Balaban J connectivity index is 1.66. The molecule has 0 N–H and O–H groups in total. The number of hydrogen-bond acceptors (Lipinski definition) is 3. The van der Waals surface area contributed by atoms with Crippen molar-refractivity contribution in [2.45, 2.75) is 25.8 Å². The standard InChI is InChI=1S/C24H24FN3O/c1-27(2)16-19-9-11-23-26-22-15-18(7-6-17-4-3-5-20(25)14-17)8-10-21(22)24(29)28(23)13-12-19/h3-5,8,10,14-15,19H,9,11-13,16H2,1-2H3. The van der Waals surface area contributed by atoms with E-state index in [4.69, 9.17) is 4.98 Å². The van der Waals surface area contributed by atoms with Crippen LogP contribution in [0.5, 0.6) is 0 Å². The van der Waals surface area contributed by atoms with Gasteiger partial charge in [-0.05, 0) is 69.3 Å². The van der Waals surface area contributed by atoms with E-state index in [9.17, 15) is 9.18 Å². The molecule has 1 aliphatic rings. The third-order valence-electron chi connectivity index (χ3n) is 5.37. The van der Waals surface area contributed by atoms with E-state index in [2.05, 4.69) is 30.8 Å². The number of fused-ring (bicyclic) bond motifs is 2. The minimum Gasteiger partial charge on any atom is -0.309 e. The fraction of sp³-hybridized carbons (Fsp3) is 0.333. The quantitative estimate of drug-likeness (QED) is 0.630. The van der Waals surface area contributed by atoms with Gasteiger partial charge in [-0.3, -0.25) is 9.36 Å². The molecule has 4 nitrogen and oxygen atoms in total. The molecule has 3 aromatic rings. The Bertz CT molecular complexity index is 1170. The Labute approximate surface area is 170 Å². The maximum absolute atomic E-state index is 13.3. The second-order valence-corrected chi connectivity index (χ2v) is 7.93. The van der Waals surface area contributed by atoms with E-state index in [0.29, 0.717) is 22.4 Å². The van der Waals surface area contributed by atoms with Crippen LogP contribution < -0.4 is 5.56 Å². The Morgan fingerprint density at radius 3 is 2.69 bits per heavy atom. The summed E-state index contributed by atoms with van der Waals surface area (Å²) < 4.78 is 15.2. The highest BCUT2D eigenvalue weighted by Crippen LogP contribution is 2.20. The maximum atomic E-state index is 13.3. The van der Waals surface area contributed by atoms with Gasteiger partial charge in [0.15, 0.2) is 0 Å². The smallest absolute Gasteiger partial charge is 0.261 e. The van der Waals surface area contributed by atoms with Gasteiger partial charge < -0.3 is 4.90 Å². The Morgan fingerprint density at radius 1 is 1.14 bits per heavy atom. The van der Waals surface area contributed by atoms with E-state index in [1.165, 1.54) is 12.1 Å². The van der Waals surface area contributed by atoms with E-state index >= 15 is 0 Å². The van der Waals surface area contributed by atoms with Gasteiger partial charge in [0, 0.05) is 30.6 Å². The van der Waals surface area contributed by atoms with Gasteiger partial charge in [0.1, 0.15) is 11.6 Å². The number of nitrogens with zero attached hydrogens (tertiary/aromatic N) is 3. The lowest BCUT2D eigenvalue weighted by Gasteiger charge is -2.18. The molecule has 1 aromatic heterocycles. The van der Waals surface area contributed by atoms with Crippen molar-refractivity contribution in [3.05, 3.63) is 75.6 Å². The first-order chi connectivity index (χ1) is 14.0. The van der Waals surface area contributed by atoms with E-state index in [0.717, 1.165) is 43.7 Å². The lowest BCUT2D eigenvalue weighted by molar-refractivity contribution is 0.299. The average molecular weight is 389 g/mol. The predicted octanol–water partition coefficient (Wildman–Crippen LogP) is 3.45. The third kappa shape index (κ3) is 4.38. The summed E-state index contributed by atoms with van der Waals surface area (Å²) in [5.74, 6) is 7.15. The van der Waals surface area contributed by atoms with Crippen molar-refractivity contribution in [3.63, 3.8) is 0 Å². The highest BCUT2D eigenvalue weighted by atomic mass is 19.1. The molecule has 0 spiro atoms. The molecule has 148 valence electrons. The van der Waals surface area contributed by atoms with Crippen molar-refractivity contribution >= 4 is 10.9 Å². The summed E-state index contributed by atoms with van der Waals surface area (Å²) in [5, 5.41) is 0.621. The Hall–Kier alpha value is -2.97. The van der Waals surface area contributed by atoms with Gasteiger partial charge in [0.2, 0.25) is 0 Å². The zero-order valence-corrected chi connectivity index (χ0v) is 16.8. The normalized spacial score (nSPS) is 16.2. The van der Waals surface area contributed by atoms with Gasteiger partial charge in [0.05, 0.1) is 10.9 Å². The monoisotopic (exact) mass is 389 g/mol. The van der Waals surface area contributed by atoms with Crippen molar-refractivity contribution in [1.82, 2.24) is 14.5 Å². The summed E-state index contributed by atoms with van der Waals surface area (Å²) in [5.41, 5.74) is 2.09. The van der Waals surface area contributed by atoms with Crippen LogP contribution in [-0.4, -0.2) is 35.1 Å². The number of aryl methyl sites for hydroxylation is 1. The third-order valence-corrected chi connectivity index (χ3v) is 5.37. The molecule has 0 bridgehead atoms. The zero-order valence-electron chi connectivity index (χ0n) is 16.8. The van der Waals surface area contributed by atoms with Gasteiger partial charge in [-0.15, -0.1) is 0 Å². The van der Waals surface area contributed by atoms with Crippen LogP contribution in [0.2, 0.25) is 0 Å². The summed E-state index contributed by atoms with van der Waals surface area (Å²) in [6.45, 7) is 1.75. The molecule has 1 atom stereocenters. The fourth-order valence-corrected chi connectivity index (χ4v) is 3.97. The number of halogens is 1. The van der Waals surface area contributed by atoms with E-state index in [1.54, 1.807) is 18.2 Å². The molecule has 0 saturated heterocycles. The van der Waals surface area contributed by atoms with Gasteiger partial charge >= 0.3 is 0 Å². The van der Waals surface area contributed by atoms with Crippen LogP contribution in [0.4, 0.5) is 4.39 Å². The second kappa shape index (κ2) is 8.18. The SMILES string of the molecule is CN(C)CC1CCc2nc3cc(C#Cc4cccc(F)c4)ccc3c(=O)n2CC1. The molecular weight excluding hydrogens is 365 g/mol. The highest BCUT2D eigenvalue weighted by Gasteiger charge is 2.19. The van der Waals surface area contributed by atoms with Gasteiger partial charge in [-0.25, -0.2) is 9.37 Å². The summed E-state index contributed by atoms with van der Waals surface area (Å²) >= 11 is 0. The molecule has 5 heteroatoms. The average Bonchev–Trinajstić information content (AvgIpc) is 2.88. The van der Waals surface area contributed by atoms with Crippen LogP contribution in [0.15, 0.2) is 47.3 Å². The van der Waals surface area contributed by atoms with Crippen molar-refractivity contribution in [3.8, 4) is 11.8 Å². The van der Waals surface area contributed by atoms with E-state index < -0.39 is 0 Å². The molecular formula is C24H24FN3O. The molecule has 0 radical (unpaired) electrons. The molecule has 0 aliphatic carbocycles. The van der Waals surface area contributed by atoms with Crippen LogP contribution in [0.25, 0.3) is 10.9 Å². The molecule has 1 unspecified atom stereocenters. The van der Waals surface area contributed by atoms with Gasteiger partial charge in [-0.2, -0.15) is 0 Å². The van der Waals surface area contributed by atoms with Crippen molar-refractivity contribution in [2.75, 3.05) is 20.6 Å². The van der Waals surface area contributed by atoms with E-state index in [-0.39, 0.29) is 11.4 Å². The van der Waals surface area contributed by atoms with Crippen molar-refractivity contribution in [1.29, 1.82) is 0 Å². The number of hydrogen-bond donors (Lipinski definition) is 0. The summed E-state index contributed by atoms with van der Waals surface area (Å²) in [7, 11) is 4.17. The summed E-state index contributed by atoms with van der Waals surface area (Å²) in [4.78, 5) is 20.0. The van der Waals surface area contributed by atoms with Crippen molar-refractivity contribution in [2.24, 2.45) is 5.92 Å². The molecule has 2 heterocycles. The van der Waals surface area contributed by atoms with Crippen LogP contribution in [-0.2, 0) is 13.0 Å². The van der Waals surface area contributed by atoms with Crippen LogP contribution in [0, 0.1) is 23.6 Å². The number of rotatable bonds is 2. The first-order valence-electron chi connectivity index (χ1n) is 9.95. The first kappa shape index (κ1) is 19.4. The first-order valence-corrected chi connectivity index (χ1v) is 9.95. The number of aromatic nitrogens is 2. The van der Waals surface area contributed by atoms with Crippen LogP contribution in [0.3, 0.4) is 0 Å². The Morgan fingerprint density at radius 2 is 1.93 bits per heavy atom. The minimum absolute atomic E-state index is 0.0279. The largest absolute Gasteiger partial charge is 0.309 e. The molecule has 4 rings (SSSR count). The molecule has 0 fully saturated rings. The minimum atomic E-state index is -0.305. The Kier molecular flexibility index (Phi) is 5.46. The van der Waals surface area contributed by atoms with Crippen LogP contribution >= 0.6 is 0 Å². The van der Waals surface area contributed by atoms with E-state index in [1.807, 2.05) is 16.7 Å². The fourth-order valence-electron chi connectivity index (χ4n) is 3.97. The van der Waals surface area contributed by atoms with Crippen LogP contribution in [0.1, 0.15) is 29.8 Å². The number of benzene rings is 2. The lowest BCUT2D eigenvalue weighted by Crippen LogP contribution is -2.25. The highest BCUT2D eigenvalue weighted by molar-refractivity contribution is 5.79. The van der Waals surface area contributed by atoms with Gasteiger partial charge in [0.25, 0.3) is 5.56 Å². The molecule has 2 aromatic carbocycles. The summed E-state index contributed by atoms with van der Waals surface area (Å²) in [6, 6.07) is 11.7. The predicted molar refractivity (Wildman–Crippen MR) is 113 cm³/mol. The van der Waals surface area contributed by atoms with Gasteiger partial charge in [-0.1, -0.05) is 17.9 Å². The zero-order chi connectivity index (χ0) is 20.4.